The van der Waals surface area contributed by atoms with Crippen molar-refractivity contribution in [3.8, 4) is 22.4 Å². The van der Waals surface area contributed by atoms with Crippen LogP contribution >= 0.6 is 0 Å². The summed E-state index contributed by atoms with van der Waals surface area (Å²) in [5.74, 6) is -0.118. The molecule has 0 fully saturated rings. The van der Waals surface area contributed by atoms with Crippen molar-refractivity contribution >= 4 is 11.6 Å². The Morgan fingerprint density at radius 2 is 1.59 bits per heavy atom. The number of nitrogens with zero attached hydrogens (tertiary/aromatic N) is 1. The van der Waals surface area contributed by atoms with Gasteiger partial charge in [0.2, 0.25) is 0 Å². The molecule has 0 atom stereocenters. The number of hydrogen-bond donors (Lipinski definition) is 1. The van der Waals surface area contributed by atoms with E-state index in [1.165, 1.54) is 0 Å². The minimum Gasteiger partial charge on any atom is -0.322 e. The second-order valence-electron chi connectivity index (χ2n) is 6.10. The van der Waals surface area contributed by atoms with Gasteiger partial charge in [0, 0.05) is 23.0 Å². The first kappa shape index (κ1) is 16.7. The standard InChI is InChI=1S/C24H17N2O/c27-24(19-7-2-1-3-8-19)26-22-14-12-18(13-15-22)20-9-6-10-21(17-20)23-11-4-5-16-25-23/h1-8,10-17H,(H,26,27). The Bertz CT molecular complexity index is 1040. The van der Waals surface area contributed by atoms with E-state index < -0.39 is 0 Å². The third kappa shape index (κ3) is 3.93. The first-order chi connectivity index (χ1) is 13.3. The van der Waals surface area contributed by atoms with Gasteiger partial charge in [-0.25, -0.2) is 0 Å². The van der Waals surface area contributed by atoms with Crippen molar-refractivity contribution in [2.24, 2.45) is 0 Å². The molecule has 3 aromatic carbocycles. The molecular formula is C24H17N2O. The van der Waals surface area contributed by atoms with E-state index in [0.29, 0.717) is 5.56 Å². The Balaban J connectivity index is 1.53. The normalized spacial score (nSPS) is 10.4. The topological polar surface area (TPSA) is 42.0 Å². The number of nitrogens with one attached hydrogen (secondary N) is 1. The van der Waals surface area contributed by atoms with E-state index in [1.54, 1.807) is 18.3 Å². The number of anilines is 1. The van der Waals surface area contributed by atoms with E-state index in [0.717, 1.165) is 28.1 Å². The summed E-state index contributed by atoms with van der Waals surface area (Å²) in [5, 5.41) is 2.91. The van der Waals surface area contributed by atoms with Crippen LogP contribution in [0.25, 0.3) is 22.4 Å². The molecule has 0 unspecified atom stereocenters. The van der Waals surface area contributed by atoms with Gasteiger partial charge in [0.15, 0.2) is 0 Å². The summed E-state index contributed by atoms with van der Waals surface area (Å²) >= 11 is 0. The molecule has 0 saturated carbocycles. The Labute approximate surface area is 158 Å². The van der Waals surface area contributed by atoms with E-state index in [4.69, 9.17) is 0 Å². The SMILES string of the molecule is O=C(Nc1ccc(-c2[c]ccc(-c3ccccn3)c2)cc1)c1ccccc1. The molecule has 0 aliphatic heterocycles. The van der Waals surface area contributed by atoms with Crippen LogP contribution in [0.2, 0.25) is 0 Å². The molecule has 0 aliphatic rings. The number of carbonyl (C=O) groups is 1. The summed E-state index contributed by atoms with van der Waals surface area (Å²) in [5.41, 5.74) is 5.39. The molecule has 4 aromatic rings. The number of aromatic nitrogens is 1. The Kier molecular flexibility index (Phi) is 4.75. The Morgan fingerprint density at radius 3 is 2.33 bits per heavy atom. The number of carbonyl (C=O) groups excluding carboxylic acids is 1. The Hall–Kier alpha value is -3.72. The number of hydrogen-bond acceptors (Lipinski definition) is 2. The molecule has 1 aromatic heterocycles. The fourth-order valence-electron chi connectivity index (χ4n) is 2.85. The van der Waals surface area contributed by atoms with Gasteiger partial charge >= 0.3 is 0 Å². The number of pyridine rings is 1. The second-order valence-corrected chi connectivity index (χ2v) is 6.10. The van der Waals surface area contributed by atoms with Gasteiger partial charge in [-0.2, -0.15) is 0 Å². The molecule has 1 N–H and O–H groups in total. The highest BCUT2D eigenvalue weighted by Gasteiger charge is 2.06. The zero-order valence-electron chi connectivity index (χ0n) is 14.6. The van der Waals surface area contributed by atoms with E-state index in [2.05, 4.69) is 22.4 Å². The smallest absolute Gasteiger partial charge is 0.255 e. The van der Waals surface area contributed by atoms with Gasteiger partial charge in [0.05, 0.1) is 5.69 Å². The predicted octanol–water partition coefficient (Wildman–Crippen LogP) is 5.47. The zero-order valence-corrected chi connectivity index (χ0v) is 14.6. The summed E-state index contributed by atoms with van der Waals surface area (Å²) in [6.07, 6.45) is 1.79. The van der Waals surface area contributed by atoms with Crippen molar-refractivity contribution < 1.29 is 4.79 Å². The molecule has 0 saturated heterocycles. The third-order valence-corrected chi connectivity index (χ3v) is 4.25. The van der Waals surface area contributed by atoms with Crippen LogP contribution < -0.4 is 5.32 Å². The molecule has 0 bridgehead atoms. The van der Waals surface area contributed by atoms with Gasteiger partial charge in [-0.15, -0.1) is 0 Å². The highest BCUT2D eigenvalue weighted by molar-refractivity contribution is 6.04. The largest absolute Gasteiger partial charge is 0.322 e. The van der Waals surface area contributed by atoms with Crippen molar-refractivity contribution in [1.82, 2.24) is 4.98 Å². The monoisotopic (exact) mass is 349 g/mol. The first-order valence-corrected chi connectivity index (χ1v) is 8.69. The molecule has 0 aliphatic carbocycles. The van der Waals surface area contributed by atoms with Gasteiger partial charge < -0.3 is 5.32 Å². The predicted molar refractivity (Wildman–Crippen MR) is 108 cm³/mol. The van der Waals surface area contributed by atoms with Gasteiger partial charge in [-0.05, 0) is 59.7 Å². The maximum absolute atomic E-state index is 12.2. The minimum absolute atomic E-state index is 0.118. The van der Waals surface area contributed by atoms with E-state index in [-0.39, 0.29) is 5.91 Å². The maximum atomic E-state index is 12.2. The quantitative estimate of drug-likeness (QED) is 0.531. The highest BCUT2D eigenvalue weighted by Crippen LogP contribution is 2.26. The van der Waals surface area contributed by atoms with Crippen LogP contribution in [0.5, 0.6) is 0 Å². The maximum Gasteiger partial charge on any atom is 0.255 e. The summed E-state index contributed by atoms with van der Waals surface area (Å²) in [4.78, 5) is 16.6. The van der Waals surface area contributed by atoms with Gasteiger partial charge in [0.1, 0.15) is 0 Å². The van der Waals surface area contributed by atoms with Crippen LogP contribution in [0.3, 0.4) is 0 Å². The zero-order chi connectivity index (χ0) is 18.5. The van der Waals surface area contributed by atoms with Gasteiger partial charge in [0.25, 0.3) is 5.91 Å². The van der Waals surface area contributed by atoms with Crippen LogP contribution in [0.4, 0.5) is 5.69 Å². The molecule has 27 heavy (non-hydrogen) atoms. The first-order valence-electron chi connectivity index (χ1n) is 8.69. The van der Waals surface area contributed by atoms with E-state index in [1.807, 2.05) is 72.8 Å². The number of amides is 1. The molecule has 3 heteroatoms. The summed E-state index contributed by atoms with van der Waals surface area (Å²) in [6, 6.07) is 32.0. The second kappa shape index (κ2) is 7.67. The van der Waals surface area contributed by atoms with Crippen LogP contribution in [0.1, 0.15) is 10.4 Å². The van der Waals surface area contributed by atoms with Crippen LogP contribution in [-0.4, -0.2) is 10.9 Å². The summed E-state index contributed by atoms with van der Waals surface area (Å²) in [6.45, 7) is 0. The highest BCUT2D eigenvalue weighted by atomic mass is 16.1. The average Bonchev–Trinajstić information content (AvgIpc) is 2.75. The van der Waals surface area contributed by atoms with Gasteiger partial charge in [-0.3, -0.25) is 9.78 Å². The van der Waals surface area contributed by atoms with Crippen LogP contribution in [-0.2, 0) is 0 Å². The summed E-state index contributed by atoms with van der Waals surface area (Å²) < 4.78 is 0. The molecule has 4 rings (SSSR count). The van der Waals surface area contributed by atoms with Crippen LogP contribution in [0, 0.1) is 6.07 Å². The molecule has 3 nitrogen and oxygen atoms in total. The van der Waals surface area contributed by atoms with E-state index >= 15 is 0 Å². The van der Waals surface area contributed by atoms with Crippen molar-refractivity contribution in [2.75, 3.05) is 5.32 Å². The van der Waals surface area contributed by atoms with Gasteiger partial charge in [-0.1, -0.05) is 48.5 Å². The average molecular weight is 349 g/mol. The number of benzene rings is 3. The lowest BCUT2D eigenvalue weighted by Crippen LogP contribution is -2.11. The van der Waals surface area contributed by atoms with Crippen molar-refractivity contribution in [2.45, 2.75) is 0 Å². The van der Waals surface area contributed by atoms with Crippen molar-refractivity contribution in [1.29, 1.82) is 0 Å². The molecular weight excluding hydrogens is 332 g/mol. The molecule has 1 heterocycles. The Morgan fingerprint density at radius 1 is 0.815 bits per heavy atom. The molecule has 0 spiro atoms. The van der Waals surface area contributed by atoms with Crippen LogP contribution in [0.15, 0.2) is 97.2 Å². The fourth-order valence-corrected chi connectivity index (χ4v) is 2.85. The van der Waals surface area contributed by atoms with Crippen molar-refractivity contribution in [3.63, 3.8) is 0 Å². The van der Waals surface area contributed by atoms with E-state index in [9.17, 15) is 4.79 Å². The van der Waals surface area contributed by atoms with Crippen molar-refractivity contribution in [3.05, 3.63) is 109 Å². The lowest BCUT2D eigenvalue weighted by atomic mass is 10.0. The molecule has 129 valence electrons. The third-order valence-electron chi connectivity index (χ3n) is 4.25. The molecule has 1 amide bonds. The molecule has 1 radical (unpaired) electrons. The lowest BCUT2D eigenvalue weighted by Gasteiger charge is -2.08. The number of rotatable bonds is 4. The lowest BCUT2D eigenvalue weighted by molar-refractivity contribution is 0.102. The minimum atomic E-state index is -0.118. The fraction of sp³-hybridized carbons (Fsp3) is 0. The summed E-state index contributed by atoms with van der Waals surface area (Å²) in [7, 11) is 0.